The summed E-state index contributed by atoms with van der Waals surface area (Å²) >= 11 is 1.87. The zero-order chi connectivity index (χ0) is 11.5. The van der Waals surface area contributed by atoms with E-state index < -0.39 is 0 Å². The second kappa shape index (κ2) is 10.1. The number of thioether (sulfide) groups is 1. The van der Waals surface area contributed by atoms with E-state index in [0.717, 1.165) is 31.0 Å². The average molecular weight is 230 g/mol. The molecule has 15 heavy (non-hydrogen) atoms. The first kappa shape index (κ1) is 14.5. The Kier molecular flexibility index (Phi) is 9.73. The van der Waals surface area contributed by atoms with Crippen LogP contribution in [-0.2, 0) is 4.79 Å². The van der Waals surface area contributed by atoms with E-state index >= 15 is 0 Å². The van der Waals surface area contributed by atoms with Gasteiger partial charge in [0, 0.05) is 38.6 Å². The maximum atomic E-state index is 11.2. The number of carbonyl (C=O) groups is 1. The van der Waals surface area contributed by atoms with E-state index in [2.05, 4.69) is 11.9 Å². The number of amides is 1. The minimum Gasteiger partial charge on any atom is -0.349 e. The topological polar surface area (TPSA) is 32.3 Å². The molecule has 0 fully saturated rings. The van der Waals surface area contributed by atoms with Gasteiger partial charge in [0.05, 0.1) is 0 Å². The second-order valence-corrected chi connectivity index (χ2v) is 4.66. The molecule has 0 saturated heterocycles. The van der Waals surface area contributed by atoms with Gasteiger partial charge in [-0.15, -0.1) is 6.58 Å². The molecule has 0 aromatic rings. The van der Waals surface area contributed by atoms with Gasteiger partial charge in [-0.05, 0) is 13.0 Å². The Morgan fingerprint density at radius 3 is 2.80 bits per heavy atom. The third kappa shape index (κ3) is 9.82. The van der Waals surface area contributed by atoms with Gasteiger partial charge in [0.15, 0.2) is 0 Å². The minimum atomic E-state index is 0.206. The molecule has 0 saturated carbocycles. The first-order chi connectivity index (χ1) is 7.18. The predicted molar refractivity (Wildman–Crippen MR) is 68.3 cm³/mol. The van der Waals surface area contributed by atoms with Crippen molar-refractivity contribution in [3.05, 3.63) is 12.7 Å². The van der Waals surface area contributed by atoms with Gasteiger partial charge in [0.25, 0.3) is 0 Å². The summed E-state index contributed by atoms with van der Waals surface area (Å²) in [6.07, 6.45) is 3.48. The van der Waals surface area contributed by atoms with Crippen LogP contribution in [0.15, 0.2) is 12.7 Å². The molecule has 0 heterocycles. The van der Waals surface area contributed by atoms with Crippen LogP contribution in [0.5, 0.6) is 0 Å². The van der Waals surface area contributed by atoms with E-state index in [9.17, 15) is 4.79 Å². The molecule has 1 N–H and O–H groups in total. The molecule has 0 aromatic heterocycles. The second-order valence-electron chi connectivity index (χ2n) is 3.51. The molecule has 0 spiro atoms. The van der Waals surface area contributed by atoms with Gasteiger partial charge < -0.3 is 10.2 Å². The number of nitrogens with one attached hydrogen (secondary N) is 1. The number of hydrogen-bond acceptors (Lipinski definition) is 3. The first-order valence-corrected chi connectivity index (χ1v) is 6.43. The van der Waals surface area contributed by atoms with Gasteiger partial charge in [-0.25, -0.2) is 0 Å². The summed E-state index contributed by atoms with van der Waals surface area (Å²) in [6.45, 7) is 5.59. The van der Waals surface area contributed by atoms with Gasteiger partial charge in [-0.3, -0.25) is 4.79 Å². The largest absolute Gasteiger partial charge is 0.349 e. The van der Waals surface area contributed by atoms with E-state index in [0.29, 0.717) is 6.42 Å². The van der Waals surface area contributed by atoms with E-state index in [1.54, 1.807) is 19.0 Å². The van der Waals surface area contributed by atoms with Gasteiger partial charge in [0.1, 0.15) is 0 Å². The molecule has 0 atom stereocenters. The van der Waals surface area contributed by atoms with Crippen LogP contribution in [0.4, 0.5) is 0 Å². The van der Waals surface area contributed by atoms with E-state index in [-0.39, 0.29) is 5.91 Å². The third-order valence-electron chi connectivity index (χ3n) is 1.90. The maximum Gasteiger partial charge on any atom is 0.222 e. The van der Waals surface area contributed by atoms with Crippen LogP contribution in [0.25, 0.3) is 0 Å². The lowest BCUT2D eigenvalue weighted by Gasteiger charge is -2.09. The normalized spacial score (nSPS) is 10.0. The van der Waals surface area contributed by atoms with Crippen molar-refractivity contribution in [3.8, 4) is 0 Å². The maximum absolute atomic E-state index is 11.2. The summed E-state index contributed by atoms with van der Waals surface area (Å²) in [7, 11) is 3.59. The van der Waals surface area contributed by atoms with Crippen LogP contribution in [-0.4, -0.2) is 49.5 Å². The fraction of sp³-hybridized carbons (Fsp3) is 0.727. The van der Waals surface area contributed by atoms with E-state index in [1.165, 1.54) is 0 Å². The summed E-state index contributed by atoms with van der Waals surface area (Å²) in [4.78, 5) is 12.8. The van der Waals surface area contributed by atoms with Gasteiger partial charge in [-0.1, -0.05) is 6.08 Å². The Balaban J connectivity index is 3.11. The lowest BCUT2D eigenvalue weighted by Crippen LogP contribution is -2.24. The number of carbonyl (C=O) groups excluding carboxylic acids is 1. The summed E-state index contributed by atoms with van der Waals surface area (Å²) in [5, 5.41) is 3.31. The quantitative estimate of drug-likeness (QED) is 0.479. The zero-order valence-electron chi connectivity index (χ0n) is 9.79. The van der Waals surface area contributed by atoms with Crippen molar-refractivity contribution < 1.29 is 4.79 Å². The first-order valence-electron chi connectivity index (χ1n) is 5.28. The molecule has 0 rings (SSSR count). The van der Waals surface area contributed by atoms with Crippen LogP contribution in [0, 0.1) is 0 Å². The molecule has 0 aliphatic carbocycles. The minimum absolute atomic E-state index is 0.206. The Labute approximate surface area is 97.3 Å². The molecule has 3 nitrogen and oxygen atoms in total. The molecule has 0 aliphatic heterocycles. The molecule has 0 unspecified atom stereocenters. The monoisotopic (exact) mass is 230 g/mol. The van der Waals surface area contributed by atoms with Crippen molar-refractivity contribution in [1.82, 2.24) is 10.2 Å². The van der Waals surface area contributed by atoms with Crippen LogP contribution in [0.1, 0.15) is 12.8 Å². The highest BCUT2D eigenvalue weighted by atomic mass is 32.2. The molecular formula is C11H22N2OS. The van der Waals surface area contributed by atoms with Crippen molar-refractivity contribution in [2.24, 2.45) is 0 Å². The van der Waals surface area contributed by atoms with Crippen molar-refractivity contribution in [2.45, 2.75) is 12.8 Å². The number of nitrogens with zero attached hydrogens (tertiary/aromatic N) is 1. The SMILES string of the molecule is C=CCSCCNCCCC(=O)N(C)C. The highest BCUT2D eigenvalue weighted by Gasteiger charge is 2.01. The van der Waals surface area contributed by atoms with Crippen LogP contribution in [0.3, 0.4) is 0 Å². The summed E-state index contributed by atoms with van der Waals surface area (Å²) < 4.78 is 0. The molecule has 1 amide bonds. The molecule has 0 aliphatic rings. The Morgan fingerprint density at radius 2 is 2.20 bits per heavy atom. The lowest BCUT2D eigenvalue weighted by molar-refractivity contribution is -0.128. The van der Waals surface area contributed by atoms with Gasteiger partial charge in [0.2, 0.25) is 5.91 Å². The average Bonchev–Trinajstić information content (AvgIpc) is 2.21. The lowest BCUT2D eigenvalue weighted by atomic mass is 10.3. The molecule has 88 valence electrons. The molecular weight excluding hydrogens is 208 g/mol. The Morgan fingerprint density at radius 1 is 1.47 bits per heavy atom. The van der Waals surface area contributed by atoms with Gasteiger partial charge >= 0.3 is 0 Å². The van der Waals surface area contributed by atoms with Crippen LogP contribution < -0.4 is 5.32 Å². The van der Waals surface area contributed by atoms with Crippen LogP contribution in [0.2, 0.25) is 0 Å². The summed E-state index contributed by atoms with van der Waals surface area (Å²) in [6, 6.07) is 0. The van der Waals surface area contributed by atoms with Crippen LogP contribution >= 0.6 is 11.8 Å². The number of hydrogen-bond donors (Lipinski definition) is 1. The summed E-state index contributed by atoms with van der Waals surface area (Å²) in [5.41, 5.74) is 0. The smallest absolute Gasteiger partial charge is 0.222 e. The zero-order valence-corrected chi connectivity index (χ0v) is 10.6. The molecule has 0 bridgehead atoms. The number of rotatable bonds is 9. The summed E-state index contributed by atoms with van der Waals surface area (Å²) in [5.74, 6) is 2.33. The highest BCUT2D eigenvalue weighted by molar-refractivity contribution is 7.99. The highest BCUT2D eigenvalue weighted by Crippen LogP contribution is 1.97. The Hall–Kier alpha value is -0.480. The fourth-order valence-corrected chi connectivity index (χ4v) is 1.65. The van der Waals surface area contributed by atoms with E-state index in [4.69, 9.17) is 0 Å². The van der Waals surface area contributed by atoms with Gasteiger partial charge in [-0.2, -0.15) is 11.8 Å². The standard InChI is InChI=1S/C11H22N2OS/c1-4-9-15-10-8-12-7-5-6-11(14)13(2)3/h4,12H,1,5-10H2,2-3H3. The fourth-order valence-electron chi connectivity index (χ4n) is 1.02. The molecule has 0 aromatic carbocycles. The van der Waals surface area contributed by atoms with E-state index in [1.807, 2.05) is 17.8 Å². The molecule has 4 heteroatoms. The molecule has 0 radical (unpaired) electrons. The van der Waals surface area contributed by atoms with Crippen molar-refractivity contribution in [3.63, 3.8) is 0 Å². The van der Waals surface area contributed by atoms with Crippen molar-refractivity contribution in [2.75, 3.05) is 38.7 Å². The van der Waals surface area contributed by atoms with Crippen molar-refractivity contribution in [1.29, 1.82) is 0 Å². The third-order valence-corrected chi connectivity index (χ3v) is 2.87. The Bertz CT molecular complexity index is 183. The van der Waals surface area contributed by atoms with Crippen molar-refractivity contribution >= 4 is 17.7 Å². The predicted octanol–water partition coefficient (Wildman–Crippen LogP) is 1.36.